The molecule has 1 aromatic rings. The highest BCUT2D eigenvalue weighted by Gasteiger charge is 2.49. The molecule has 0 aliphatic carbocycles. The highest BCUT2D eigenvalue weighted by molar-refractivity contribution is 8.15. The number of aliphatic imine (C=N–C) groups is 1. The Hall–Kier alpha value is -1.09. The van der Waals surface area contributed by atoms with Crippen LogP contribution in [0.2, 0.25) is 5.02 Å². The Morgan fingerprint density at radius 2 is 2.15 bits per heavy atom. The highest BCUT2D eigenvalue weighted by atomic mass is 35.5. The number of thioether (sulfide) groups is 1. The van der Waals surface area contributed by atoms with Crippen molar-refractivity contribution < 1.29 is 17.9 Å². The molecule has 4 rings (SSSR count). The molecule has 9 heteroatoms. The summed E-state index contributed by atoms with van der Waals surface area (Å²) in [6, 6.07) is 7.27. The average Bonchev–Trinajstić information content (AvgIpc) is 3.27. The molecule has 0 N–H and O–H groups in total. The van der Waals surface area contributed by atoms with Gasteiger partial charge in [-0.25, -0.2) is 8.42 Å². The van der Waals surface area contributed by atoms with Crippen molar-refractivity contribution in [1.82, 2.24) is 4.90 Å². The normalized spacial score (nSPS) is 31.5. The molecule has 3 aliphatic heterocycles. The molecule has 0 saturated carbocycles. The molecule has 140 valence electrons. The van der Waals surface area contributed by atoms with Crippen LogP contribution < -0.4 is 0 Å². The maximum absolute atomic E-state index is 12.4. The number of hydrogen-bond donors (Lipinski definition) is 0. The third kappa shape index (κ3) is 3.65. The number of ether oxygens (including phenoxy) is 1. The zero-order valence-electron chi connectivity index (χ0n) is 14.0. The number of amidine groups is 1. The first-order valence-corrected chi connectivity index (χ1v) is 11.6. The molecule has 3 heterocycles. The second-order valence-electron chi connectivity index (χ2n) is 6.75. The molecule has 0 aromatic heterocycles. The Bertz CT molecular complexity index is 852. The standard InChI is InChI=1S/C17H19ClN2O4S2/c18-12-5-2-1-4-11(12)8-20-13-9-26(22,23)10-15(13)25-17(20)19-16(21)14-6-3-7-24-14/h1-2,4-5,13-15H,3,6-10H2/t13-,14-,15-/m1/s1. The van der Waals surface area contributed by atoms with Crippen LogP contribution >= 0.6 is 23.4 Å². The zero-order chi connectivity index (χ0) is 18.3. The summed E-state index contributed by atoms with van der Waals surface area (Å²) >= 11 is 7.66. The fourth-order valence-corrected chi connectivity index (χ4v) is 7.72. The number of halogens is 1. The van der Waals surface area contributed by atoms with Gasteiger partial charge in [0, 0.05) is 23.4 Å². The number of fused-ring (bicyclic) bond motifs is 1. The topological polar surface area (TPSA) is 76.0 Å². The van der Waals surface area contributed by atoms with Gasteiger partial charge in [0.25, 0.3) is 5.91 Å². The van der Waals surface area contributed by atoms with Crippen molar-refractivity contribution in [1.29, 1.82) is 0 Å². The molecule has 6 nitrogen and oxygen atoms in total. The molecule has 0 bridgehead atoms. The van der Waals surface area contributed by atoms with E-state index in [2.05, 4.69) is 4.99 Å². The third-order valence-corrected chi connectivity index (χ3v) is 8.50. The van der Waals surface area contributed by atoms with Crippen molar-refractivity contribution >= 4 is 44.3 Å². The molecule has 0 radical (unpaired) electrons. The molecule has 3 saturated heterocycles. The summed E-state index contributed by atoms with van der Waals surface area (Å²) in [5.74, 6) is -0.0755. The van der Waals surface area contributed by atoms with Crippen LogP contribution in [-0.4, -0.2) is 59.9 Å². The summed E-state index contributed by atoms with van der Waals surface area (Å²) in [6.07, 6.45) is 1.07. The van der Waals surface area contributed by atoms with E-state index < -0.39 is 15.9 Å². The summed E-state index contributed by atoms with van der Waals surface area (Å²) in [5, 5.41) is 1.10. The summed E-state index contributed by atoms with van der Waals surface area (Å²) in [4.78, 5) is 18.6. The van der Waals surface area contributed by atoms with Gasteiger partial charge >= 0.3 is 0 Å². The van der Waals surface area contributed by atoms with Crippen molar-refractivity contribution in [2.24, 2.45) is 4.99 Å². The molecule has 1 amide bonds. The minimum Gasteiger partial charge on any atom is -0.368 e. The van der Waals surface area contributed by atoms with Crippen LogP contribution in [0.5, 0.6) is 0 Å². The molecular weight excluding hydrogens is 396 g/mol. The van der Waals surface area contributed by atoms with E-state index in [4.69, 9.17) is 16.3 Å². The first kappa shape index (κ1) is 18.3. The fourth-order valence-electron chi connectivity index (χ4n) is 3.57. The zero-order valence-corrected chi connectivity index (χ0v) is 16.4. The van der Waals surface area contributed by atoms with E-state index in [-0.39, 0.29) is 28.7 Å². The summed E-state index contributed by atoms with van der Waals surface area (Å²) in [6.45, 7) is 1.02. The van der Waals surface area contributed by atoms with Crippen molar-refractivity contribution in [3.8, 4) is 0 Å². The van der Waals surface area contributed by atoms with E-state index in [1.807, 2.05) is 23.1 Å². The van der Waals surface area contributed by atoms with Crippen LogP contribution in [0, 0.1) is 0 Å². The Balaban J connectivity index is 1.62. The SMILES string of the molecule is O=C(N=C1S[C@@H]2CS(=O)(=O)C[C@H]2N1Cc1ccccc1Cl)[C@H]1CCCO1. The minimum absolute atomic E-state index is 0.0856. The lowest BCUT2D eigenvalue weighted by atomic mass is 10.1. The maximum Gasteiger partial charge on any atom is 0.277 e. The van der Waals surface area contributed by atoms with Gasteiger partial charge < -0.3 is 9.64 Å². The quantitative estimate of drug-likeness (QED) is 0.754. The molecule has 0 unspecified atom stereocenters. The number of hydrogen-bond acceptors (Lipinski definition) is 5. The predicted molar refractivity (Wildman–Crippen MR) is 102 cm³/mol. The van der Waals surface area contributed by atoms with Crippen molar-refractivity contribution in [3.63, 3.8) is 0 Å². The third-order valence-electron chi connectivity index (χ3n) is 4.88. The number of amides is 1. The minimum atomic E-state index is -3.07. The van der Waals surface area contributed by atoms with Crippen LogP contribution in [-0.2, 0) is 25.9 Å². The van der Waals surface area contributed by atoms with Gasteiger partial charge in [0.05, 0.1) is 17.5 Å². The van der Waals surface area contributed by atoms with Gasteiger partial charge in [-0.2, -0.15) is 4.99 Å². The number of rotatable bonds is 3. The number of nitrogens with zero attached hydrogens (tertiary/aromatic N) is 2. The molecule has 3 atom stereocenters. The molecule has 1 aromatic carbocycles. The predicted octanol–water partition coefficient (Wildman–Crippen LogP) is 2.12. The Morgan fingerprint density at radius 3 is 2.88 bits per heavy atom. The van der Waals surface area contributed by atoms with Crippen LogP contribution in [0.25, 0.3) is 0 Å². The van der Waals surface area contributed by atoms with Gasteiger partial charge in [-0.1, -0.05) is 41.6 Å². The molecule has 3 aliphatic rings. The van der Waals surface area contributed by atoms with E-state index in [1.54, 1.807) is 6.07 Å². The second-order valence-corrected chi connectivity index (χ2v) is 10.5. The number of carbonyl (C=O) groups excluding carboxylic acids is 1. The molecule has 3 fully saturated rings. The average molecular weight is 415 g/mol. The summed E-state index contributed by atoms with van der Waals surface area (Å²) in [7, 11) is -3.07. The highest BCUT2D eigenvalue weighted by Crippen LogP contribution is 2.39. The maximum atomic E-state index is 12.4. The van der Waals surface area contributed by atoms with E-state index in [0.717, 1.165) is 12.0 Å². The number of carbonyl (C=O) groups is 1. The Labute approximate surface area is 161 Å². The van der Waals surface area contributed by atoms with Crippen LogP contribution in [0.1, 0.15) is 18.4 Å². The first-order valence-electron chi connectivity index (χ1n) is 8.54. The summed E-state index contributed by atoms with van der Waals surface area (Å²) in [5.41, 5.74) is 0.886. The van der Waals surface area contributed by atoms with Gasteiger partial charge in [0.2, 0.25) is 0 Å². The molecular formula is C17H19ClN2O4S2. The lowest BCUT2D eigenvalue weighted by Crippen LogP contribution is -2.37. The van der Waals surface area contributed by atoms with E-state index in [9.17, 15) is 13.2 Å². The van der Waals surface area contributed by atoms with Crippen molar-refractivity contribution in [2.45, 2.75) is 36.8 Å². The number of benzene rings is 1. The van der Waals surface area contributed by atoms with Crippen LogP contribution in [0.15, 0.2) is 29.3 Å². The smallest absolute Gasteiger partial charge is 0.277 e. The Kier molecular flexibility index (Phi) is 5.02. The number of sulfone groups is 1. The molecule has 26 heavy (non-hydrogen) atoms. The lowest BCUT2D eigenvalue weighted by molar-refractivity contribution is -0.126. The monoisotopic (exact) mass is 414 g/mol. The fraction of sp³-hybridized carbons (Fsp3) is 0.529. The lowest BCUT2D eigenvalue weighted by Gasteiger charge is -2.25. The van der Waals surface area contributed by atoms with Crippen molar-refractivity contribution in [2.75, 3.05) is 18.1 Å². The van der Waals surface area contributed by atoms with E-state index in [0.29, 0.717) is 29.8 Å². The van der Waals surface area contributed by atoms with E-state index >= 15 is 0 Å². The largest absolute Gasteiger partial charge is 0.368 e. The van der Waals surface area contributed by atoms with Gasteiger partial charge in [-0.3, -0.25) is 4.79 Å². The molecule has 0 spiro atoms. The Morgan fingerprint density at radius 1 is 1.35 bits per heavy atom. The summed E-state index contributed by atoms with van der Waals surface area (Å²) < 4.78 is 29.5. The van der Waals surface area contributed by atoms with Gasteiger partial charge in [-0.15, -0.1) is 0 Å². The second kappa shape index (κ2) is 7.14. The van der Waals surface area contributed by atoms with Gasteiger partial charge in [-0.05, 0) is 24.5 Å². The van der Waals surface area contributed by atoms with Crippen LogP contribution in [0.3, 0.4) is 0 Å². The van der Waals surface area contributed by atoms with E-state index in [1.165, 1.54) is 11.8 Å². The first-order chi connectivity index (χ1) is 12.4. The van der Waals surface area contributed by atoms with Gasteiger partial charge in [0.15, 0.2) is 15.0 Å². The van der Waals surface area contributed by atoms with Gasteiger partial charge in [0.1, 0.15) is 6.10 Å². The van der Waals surface area contributed by atoms with Crippen molar-refractivity contribution in [3.05, 3.63) is 34.9 Å². The van der Waals surface area contributed by atoms with Crippen LogP contribution in [0.4, 0.5) is 0 Å².